The van der Waals surface area contributed by atoms with Gasteiger partial charge in [-0.25, -0.2) is 15.0 Å². The second-order valence-electron chi connectivity index (χ2n) is 5.01. The van der Waals surface area contributed by atoms with E-state index in [1.54, 1.807) is 6.33 Å². The van der Waals surface area contributed by atoms with E-state index in [0.717, 1.165) is 23.3 Å². The van der Waals surface area contributed by atoms with Crippen LogP contribution in [-0.4, -0.2) is 55.2 Å². The highest BCUT2D eigenvalue weighted by Crippen LogP contribution is 2.27. The first-order valence-corrected chi connectivity index (χ1v) is 6.81. The van der Waals surface area contributed by atoms with Crippen LogP contribution >= 0.6 is 0 Å². The second kappa shape index (κ2) is 5.43. The molecule has 2 aromatic rings. The molecular formula is C13H18N4O3. The SMILES string of the molecule is CCc1ncnc2c1ncn2C1COC(CO)C(O)C1. The summed E-state index contributed by atoms with van der Waals surface area (Å²) in [5.41, 5.74) is 2.48. The lowest BCUT2D eigenvalue weighted by Crippen LogP contribution is -2.41. The van der Waals surface area contributed by atoms with Crippen molar-refractivity contribution >= 4 is 11.2 Å². The van der Waals surface area contributed by atoms with E-state index in [1.807, 2.05) is 11.5 Å². The topological polar surface area (TPSA) is 93.3 Å². The summed E-state index contributed by atoms with van der Waals surface area (Å²) in [6, 6.07) is -0.0302. The number of hydrogen-bond donors (Lipinski definition) is 2. The number of aromatic nitrogens is 4. The van der Waals surface area contributed by atoms with Crippen molar-refractivity contribution in [3.05, 3.63) is 18.3 Å². The molecule has 20 heavy (non-hydrogen) atoms. The lowest BCUT2D eigenvalue weighted by atomic mass is 10.0. The van der Waals surface area contributed by atoms with Crippen LogP contribution in [-0.2, 0) is 11.2 Å². The number of fused-ring (bicyclic) bond motifs is 1. The van der Waals surface area contributed by atoms with Gasteiger partial charge in [0.15, 0.2) is 5.65 Å². The largest absolute Gasteiger partial charge is 0.394 e. The second-order valence-corrected chi connectivity index (χ2v) is 5.01. The maximum atomic E-state index is 9.96. The molecule has 1 fully saturated rings. The highest BCUT2D eigenvalue weighted by Gasteiger charge is 2.31. The van der Waals surface area contributed by atoms with Gasteiger partial charge < -0.3 is 19.5 Å². The van der Waals surface area contributed by atoms with Crippen LogP contribution in [0.1, 0.15) is 25.1 Å². The van der Waals surface area contributed by atoms with E-state index >= 15 is 0 Å². The van der Waals surface area contributed by atoms with Crippen molar-refractivity contribution in [1.82, 2.24) is 19.5 Å². The molecule has 1 saturated heterocycles. The minimum Gasteiger partial charge on any atom is -0.394 e. The molecule has 108 valence electrons. The van der Waals surface area contributed by atoms with Gasteiger partial charge in [-0.05, 0) is 12.8 Å². The molecule has 0 aromatic carbocycles. The predicted molar refractivity (Wildman–Crippen MR) is 71.2 cm³/mol. The number of nitrogens with zero attached hydrogens (tertiary/aromatic N) is 4. The Hall–Kier alpha value is -1.57. The normalized spacial score (nSPS) is 27.1. The fourth-order valence-electron chi connectivity index (χ4n) is 2.64. The van der Waals surface area contributed by atoms with Crippen molar-refractivity contribution in [2.45, 2.75) is 38.0 Å². The molecule has 0 aliphatic carbocycles. The number of aliphatic hydroxyl groups excluding tert-OH is 2. The lowest BCUT2D eigenvalue weighted by Gasteiger charge is -2.33. The van der Waals surface area contributed by atoms with Crippen molar-refractivity contribution in [2.75, 3.05) is 13.2 Å². The van der Waals surface area contributed by atoms with Gasteiger partial charge in [0.25, 0.3) is 0 Å². The Balaban J connectivity index is 1.92. The summed E-state index contributed by atoms with van der Waals surface area (Å²) in [6.07, 6.45) is 3.40. The Bertz CT molecular complexity index is 600. The Morgan fingerprint density at radius 3 is 2.95 bits per heavy atom. The van der Waals surface area contributed by atoms with Gasteiger partial charge in [0.1, 0.15) is 17.9 Å². The zero-order valence-electron chi connectivity index (χ0n) is 11.3. The zero-order chi connectivity index (χ0) is 14.1. The van der Waals surface area contributed by atoms with Gasteiger partial charge in [-0.3, -0.25) is 0 Å². The average Bonchev–Trinajstić information content (AvgIpc) is 2.91. The van der Waals surface area contributed by atoms with Gasteiger partial charge in [-0.1, -0.05) is 6.92 Å². The molecule has 2 N–H and O–H groups in total. The number of aryl methyl sites for hydroxylation is 1. The van der Waals surface area contributed by atoms with Crippen LogP contribution < -0.4 is 0 Å². The van der Waals surface area contributed by atoms with Crippen LogP contribution in [0.25, 0.3) is 11.2 Å². The van der Waals surface area contributed by atoms with Crippen molar-refractivity contribution in [2.24, 2.45) is 0 Å². The third kappa shape index (κ3) is 2.17. The zero-order valence-corrected chi connectivity index (χ0v) is 11.3. The maximum absolute atomic E-state index is 9.96. The third-order valence-corrected chi connectivity index (χ3v) is 3.79. The molecule has 0 amide bonds. The molecule has 1 aliphatic rings. The summed E-state index contributed by atoms with van der Waals surface area (Å²) in [5, 5.41) is 19.1. The van der Waals surface area contributed by atoms with E-state index in [-0.39, 0.29) is 12.6 Å². The summed E-state index contributed by atoms with van der Waals surface area (Å²) >= 11 is 0. The summed E-state index contributed by atoms with van der Waals surface area (Å²) in [5.74, 6) is 0. The van der Waals surface area contributed by atoms with Crippen LogP contribution in [0.4, 0.5) is 0 Å². The van der Waals surface area contributed by atoms with Crippen molar-refractivity contribution in [1.29, 1.82) is 0 Å². The van der Waals surface area contributed by atoms with Crippen molar-refractivity contribution in [3.63, 3.8) is 0 Å². The predicted octanol–water partition coefficient (Wildman–Crippen LogP) is 0.0719. The van der Waals surface area contributed by atoms with E-state index < -0.39 is 12.2 Å². The van der Waals surface area contributed by atoms with Crippen molar-refractivity contribution in [3.8, 4) is 0 Å². The summed E-state index contributed by atoms with van der Waals surface area (Å²) in [4.78, 5) is 12.9. The minimum atomic E-state index is -0.677. The average molecular weight is 278 g/mol. The van der Waals surface area contributed by atoms with Gasteiger partial charge in [-0.2, -0.15) is 0 Å². The molecule has 7 heteroatoms. The van der Waals surface area contributed by atoms with Gasteiger partial charge in [-0.15, -0.1) is 0 Å². The minimum absolute atomic E-state index is 0.0302. The third-order valence-electron chi connectivity index (χ3n) is 3.79. The van der Waals surface area contributed by atoms with E-state index in [4.69, 9.17) is 9.84 Å². The number of imidazole rings is 1. The standard InChI is InChI=1S/C13H18N4O3/c1-2-9-12-13(15-6-14-9)17(7-16-12)8-3-10(19)11(4-18)20-5-8/h6-8,10-11,18-19H,2-5H2,1H3. The first-order valence-electron chi connectivity index (χ1n) is 6.81. The van der Waals surface area contributed by atoms with Gasteiger partial charge >= 0.3 is 0 Å². The van der Waals surface area contributed by atoms with Gasteiger partial charge in [0.2, 0.25) is 0 Å². The summed E-state index contributed by atoms with van der Waals surface area (Å²) in [7, 11) is 0. The molecule has 3 heterocycles. The van der Waals surface area contributed by atoms with Gasteiger partial charge in [0, 0.05) is 0 Å². The molecule has 3 rings (SSSR count). The monoisotopic (exact) mass is 278 g/mol. The molecule has 2 aromatic heterocycles. The smallest absolute Gasteiger partial charge is 0.163 e. The number of rotatable bonds is 3. The van der Waals surface area contributed by atoms with E-state index in [1.165, 1.54) is 6.33 Å². The Morgan fingerprint density at radius 2 is 2.25 bits per heavy atom. The molecule has 0 radical (unpaired) electrons. The number of aliphatic hydroxyl groups is 2. The van der Waals surface area contributed by atoms with Crippen LogP contribution in [0.3, 0.4) is 0 Å². The highest BCUT2D eigenvalue weighted by molar-refractivity contribution is 5.73. The Labute approximate surface area is 116 Å². The highest BCUT2D eigenvalue weighted by atomic mass is 16.5. The quantitative estimate of drug-likeness (QED) is 0.825. The molecule has 3 atom stereocenters. The first-order chi connectivity index (χ1) is 9.74. The van der Waals surface area contributed by atoms with Crippen LogP contribution in [0.2, 0.25) is 0 Å². The van der Waals surface area contributed by atoms with Crippen LogP contribution in [0.15, 0.2) is 12.7 Å². The fraction of sp³-hybridized carbons (Fsp3) is 0.615. The van der Waals surface area contributed by atoms with E-state index in [2.05, 4.69) is 15.0 Å². The summed E-state index contributed by atoms with van der Waals surface area (Å²) < 4.78 is 7.41. The maximum Gasteiger partial charge on any atom is 0.163 e. The van der Waals surface area contributed by atoms with Crippen molar-refractivity contribution < 1.29 is 14.9 Å². The van der Waals surface area contributed by atoms with Crippen LogP contribution in [0.5, 0.6) is 0 Å². The van der Waals surface area contributed by atoms with Gasteiger partial charge in [0.05, 0.1) is 37.4 Å². The fourth-order valence-corrected chi connectivity index (χ4v) is 2.64. The molecule has 3 unspecified atom stereocenters. The molecular weight excluding hydrogens is 260 g/mol. The van der Waals surface area contributed by atoms with E-state index in [9.17, 15) is 5.11 Å². The molecule has 0 bridgehead atoms. The van der Waals surface area contributed by atoms with E-state index in [0.29, 0.717) is 13.0 Å². The summed E-state index contributed by atoms with van der Waals surface area (Å²) in [6.45, 7) is 2.29. The molecule has 7 nitrogen and oxygen atoms in total. The molecule has 1 aliphatic heterocycles. The number of hydrogen-bond acceptors (Lipinski definition) is 6. The molecule has 0 spiro atoms. The number of ether oxygens (including phenoxy) is 1. The lowest BCUT2D eigenvalue weighted by molar-refractivity contribution is -0.112. The Kier molecular flexibility index (Phi) is 3.64. The Morgan fingerprint density at radius 1 is 1.40 bits per heavy atom. The van der Waals surface area contributed by atoms with Crippen LogP contribution in [0, 0.1) is 0 Å². The first kappa shape index (κ1) is 13.4. The molecule has 0 saturated carbocycles.